The molecule has 0 fully saturated rings. The second-order valence-electron chi connectivity index (χ2n) is 4.72. The summed E-state index contributed by atoms with van der Waals surface area (Å²) in [7, 11) is 0. The molecule has 0 saturated carbocycles. The van der Waals surface area contributed by atoms with Crippen molar-refractivity contribution >= 4 is 29.0 Å². The Morgan fingerprint density at radius 3 is 2.71 bits per heavy atom. The van der Waals surface area contributed by atoms with E-state index in [9.17, 15) is 4.79 Å². The van der Waals surface area contributed by atoms with Gasteiger partial charge in [0.25, 0.3) is 5.91 Å². The first-order valence-corrected chi connectivity index (χ1v) is 9.17. The van der Waals surface area contributed by atoms with Crippen LogP contribution in [0.5, 0.6) is 0 Å². The van der Waals surface area contributed by atoms with E-state index < -0.39 is 0 Å². The fourth-order valence-corrected chi connectivity index (χ4v) is 3.51. The molecule has 5 heteroatoms. The van der Waals surface area contributed by atoms with Gasteiger partial charge in [-0.25, -0.2) is 0 Å². The molecule has 1 rings (SSSR count). The molecule has 1 aromatic heterocycles. The van der Waals surface area contributed by atoms with Crippen LogP contribution >= 0.6 is 23.1 Å². The van der Waals surface area contributed by atoms with E-state index in [1.165, 1.54) is 11.3 Å². The van der Waals surface area contributed by atoms with Gasteiger partial charge in [0.2, 0.25) is 0 Å². The number of rotatable bonds is 7. The lowest BCUT2D eigenvalue weighted by molar-refractivity contribution is 0.0953. The van der Waals surface area contributed by atoms with E-state index in [0.717, 1.165) is 17.7 Å². The van der Waals surface area contributed by atoms with Crippen LogP contribution in [0.25, 0.3) is 0 Å². The first-order valence-electron chi connectivity index (χ1n) is 7.13. The third-order valence-electron chi connectivity index (χ3n) is 3.57. The van der Waals surface area contributed by atoms with E-state index in [1.807, 2.05) is 23.9 Å². The summed E-state index contributed by atoms with van der Waals surface area (Å²) in [5.74, 6) is 5.78. The predicted molar refractivity (Wildman–Crippen MR) is 92.1 cm³/mol. The Bertz CT molecular complexity index is 502. The van der Waals surface area contributed by atoms with Crippen molar-refractivity contribution in [1.82, 2.24) is 5.32 Å². The molecule has 2 N–H and O–H groups in total. The van der Waals surface area contributed by atoms with Crippen molar-refractivity contribution in [1.29, 1.82) is 0 Å². The van der Waals surface area contributed by atoms with Gasteiger partial charge in [0.05, 0.1) is 16.4 Å². The fraction of sp³-hybridized carbons (Fsp3) is 0.562. The third kappa shape index (κ3) is 5.39. The summed E-state index contributed by atoms with van der Waals surface area (Å²) in [6, 6.07) is 3.66. The van der Waals surface area contributed by atoms with Crippen molar-refractivity contribution in [2.75, 3.05) is 19.4 Å². The van der Waals surface area contributed by atoms with Crippen molar-refractivity contribution in [2.24, 2.45) is 0 Å². The first kappa shape index (κ1) is 18.1. The highest BCUT2D eigenvalue weighted by Gasteiger charge is 2.25. The monoisotopic (exact) mass is 325 g/mol. The van der Waals surface area contributed by atoms with E-state index in [0.29, 0.717) is 17.8 Å². The summed E-state index contributed by atoms with van der Waals surface area (Å²) in [6.07, 6.45) is 4.63. The Balaban J connectivity index is 2.63. The van der Waals surface area contributed by atoms with Crippen molar-refractivity contribution in [3.05, 3.63) is 21.9 Å². The van der Waals surface area contributed by atoms with Gasteiger partial charge in [-0.3, -0.25) is 4.79 Å². The number of thiophene rings is 1. The molecule has 0 saturated heterocycles. The number of hydrogen-bond donors (Lipinski definition) is 2. The molecular weight excluding hydrogens is 302 g/mol. The van der Waals surface area contributed by atoms with Crippen LogP contribution in [-0.4, -0.2) is 35.2 Å². The molecule has 3 nitrogen and oxygen atoms in total. The van der Waals surface area contributed by atoms with Crippen LogP contribution in [0.2, 0.25) is 0 Å². The maximum Gasteiger partial charge on any atom is 0.261 e. The van der Waals surface area contributed by atoms with Gasteiger partial charge < -0.3 is 10.4 Å². The van der Waals surface area contributed by atoms with Gasteiger partial charge in [-0.2, -0.15) is 11.8 Å². The van der Waals surface area contributed by atoms with Crippen LogP contribution in [0.15, 0.2) is 12.1 Å². The lowest BCUT2D eigenvalue weighted by Crippen LogP contribution is -2.39. The number of aliphatic hydroxyl groups is 1. The average molecular weight is 325 g/mol. The van der Waals surface area contributed by atoms with Gasteiger partial charge in [-0.05, 0) is 31.2 Å². The minimum Gasteiger partial charge on any atom is -0.395 e. The Morgan fingerprint density at radius 2 is 2.14 bits per heavy atom. The molecule has 0 aromatic carbocycles. The number of amides is 1. The van der Waals surface area contributed by atoms with Gasteiger partial charge in [0, 0.05) is 17.7 Å². The zero-order chi connectivity index (χ0) is 15.7. The Hall–Kier alpha value is -0.960. The second kappa shape index (κ2) is 9.14. The van der Waals surface area contributed by atoms with Gasteiger partial charge in [-0.15, -0.1) is 11.3 Å². The topological polar surface area (TPSA) is 49.3 Å². The van der Waals surface area contributed by atoms with Crippen LogP contribution in [0.3, 0.4) is 0 Å². The van der Waals surface area contributed by atoms with E-state index >= 15 is 0 Å². The smallest absolute Gasteiger partial charge is 0.261 e. The number of carbonyl (C=O) groups excluding carboxylic acids is 1. The molecule has 0 aliphatic rings. The highest BCUT2D eigenvalue weighted by molar-refractivity contribution is 8.00. The van der Waals surface area contributed by atoms with Crippen LogP contribution in [0.1, 0.15) is 47.7 Å². The maximum absolute atomic E-state index is 12.2. The number of carbonyl (C=O) groups is 1. The summed E-state index contributed by atoms with van der Waals surface area (Å²) in [4.78, 5) is 13.7. The molecule has 1 aromatic rings. The van der Waals surface area contributed by atoms with Crippen LogP contribution in [0, 0.1) is 11.8 Å². The fourth-order valence-electron chi connectivity index (χ4n) is 1.92. The lowest BCUT2D eigenvalue weighted by atomic mass is 10.0. The average Bonchev–Trinajstić information content (AvgIpc) is 2.98. The number of thioether (sulfide) groups is 1. The van der Waals surface area contributed by atoms with Crippen molar-refractivity contribution < 1.29 is 9.90 Å². The lowest BCUT2D eigenvalue weighted by Gasteiger charge is -2.29. The minimum absolute atomic E-state index is 0.0319. The van der Waals surface area contributed by atoms with Gasteiger partial charge >= 0.3 is 0 Å². The third-order valence-corrected chi connectivity index (χ3v) is 6.16. The Morgan fingerprint density at radius 1 is 1.43 bits per heavy atom. The highest BCUT2D eigenvalue weighted by atomic mass is 32.2. The van der Waals surface area contributed by atoms with Gasteiger partial charge in [0.1, 0.15) is 0 Å². The minimum atomic E-state index is -0.0319. The largest absolute Gasteiger partial charge is 0.395 e. The number of hydrogen-bond acceptors (Lipinski definition) is 4. The Kier molecular flexibility index (Phi) is 7.87. The van der Waals surface area contributed by atoms with Crippen LogP contribution in [0.4, 0.5) is 0 Å². The summed E-state index contributed by atoms with van der Waals surface area (Å²) < 4.78 is 0.122. The molecule has 0 aliphatic heterocycles. The maximum atomic E-state index is 12.2. The molecule has 0 aliphatic carbocycles. The summed E-state index contributed by atoms with van der Waals surface area (Å²) >= 11 is 3.21. The highest BCUT2D eigenvalue weighted by Crippen LogP contribution is 2.29. The van der Waals surface area contributed by atoms with Crippen LogP contribution < -0.4 is 5.32 Å². The molecule has 21 heavy (non-hydrogen) atoms. The molecule has 1 heterocycles. The molecule has 0 bridgehead atoms. The van der Waals surface area contributed by atoms with E-state index in [1.54, 1.807) is 0 Å². The van der Waals surface area contributed by atoms with E-state index in [-0.39, 0.29) is 17.3 Å². The molecule has 116 valence electrons. The quantitative estimate of drug-likeness (QED) is 0.757. The van der Waals surface area contributed by atoms with Gasteiger partial charge in [-0.1, -0.05) is 25.7 Å². The molecule has 0 unspecified atom stereocenters. The zero-order valence-electron chi connectivity index (χ0n) is 12.9. The predicted octanol–water partition coefficient (Wildman–Crippen LogP) is 3.13. The summed E-state index contributed by atoms with van der Waals surface area (Å²) in [5, 5.41) is 11.7. The van der Waals surface area contributed by atoms with Crippen molar-refractivity contribution in [3.63, 3.8) is 0 Å². The molecule has 0 spiro atoms. The summed E-state index contributed by atoms with van der Waals surface area (Å²) in [5.41, 5.74) is 0. The molecule has 0 atom stereocenters. The normalized spacial score (nSPS) is 10.9. The molecule has 1 amide bonds. The number of nitrogens with one attached hydrogen (secondary N) is 1. The van der Waals surface area contributed by atoms with Crippen molar-refractivity contribution in [2.45, 2.75) is 37.9 Å². The summed E-state index contributed by atoms with van der Waals surface area (Å²) in [6.45, 7) is 5.07. The molecule has 0 radical (unpaired) electrons. The number of aliphatic hydroxyl groups excluding tert-OH is 1. The molecular formula is C16H23NO2S2. The standard InChI is InChI=1S/C16H23NO2S2/c1-4-16(5-2,20-3)12-17-15(19)14-10-9-13(21-14)8-6-7-11-18/h9-10,18H,4-5,7,11-12H2,1-3H3,(H,17,19). The van der Waals surface area contributed by atoms with Crippen molar-refractivity contribution in [3.8, 4) is 11.8 Å². The van der Waals surface area contributed by atoms with E-state index in [2.05, 4.69) is 37.3 Å². The SMILES string of the molecule is CCC(CC)(CNC(=O)c1ccc(C#CCCO)s1)SC. The second-order valence-corrected chi connectivity index (χ2v) is 7.07. The van der Waals surface area contributed by atoms with Crippen LogP contribution in [-0.2, 0) is 0 Å². The zero-order valence-corrected chi connectivity index (χ0v) is 14.5. The van der Waals surface area contributed by atoms with Gasteiger partial charge in [0.15, 0.2) is 0 Å². The first-order chi connectivity index (χ1) is 10.1. The van der Waals surface area contributed by atoms with E-state index in [4.69, 9.17) is 5.11 Å². The Labute approximate surface area is 135 Å².